The van der Waals surface area contributed by atoms with Crippen molar-refractivity contribution in [2.75, 3.05) is 26.7 Å². The van der Waals surface area contributed by atoms with Gasteiger partial charge in [0.25, 0.3) is 0 Å². The molecule has 1 unspecified atom stereocenters. The molecule has 1 heterocycles. The molecule has 1 saturated carbocycles. The summed E-state index contributed by atoms with van der Waals surface area (Å²) >= 11 is 0. The van der Waals surface area contributed by atoms with E-state index in [2.05, 4.69) is 22.8 Å². The van der Waals surface area contributed by atoms with Crippen molar-refractivity contribution >= 4 is 5.91 Å². The highest BCUT2D eigenvalue weighted by atomic mass is 16.5. The first kappa shape index (κ1) is 23.1. The number of methoxy groups -OCH3 is 1. The number of carbonyl (C=O) groups excluding carboxylic acids is 1. The van der Waals surface area contributed by atoms with Crippen LogP contribution >= 0.6 is 0 Å². The smallest absolute Gasteiger partial charge is 0.223 e. The zero-order chi connectivity index (χ0) is 21.3. The van der Waals surface area contributed by atoms with Gasteiger partial charge in [0.2, 0.25) is 5.91 Å². The maximum absolute atomic E-state index is 13.5. The van der Waals surface area contributed by atoms with Crippen LogP contribution in [0.15, 0.2) is 24.3 Å². The third kappa shape index (κ3) is 6.21. The summed E-state index contributed by atoms with van der Waals surface area (Å²) in [5, 5.41) is 0. The van der Waals surface area contributed by atoms with Crippen LogP contribution in [0.4, 0.5) is 0 Å². The van der Waals surface area contributed by atoms with E-state index in [1.807, 2.05) is 18.2 Å². The lowest BCUT2D eigenvalue weighted by Gasteiger charge is -2.41. The Labute approximate surface area is 182 Å². The van der Waals surface area contributed by atoms with Gasteiger partial charge in [-0.15, -0.1) is 0 Å². The Hall–Kier alpha value is -1.59. The molecule has 5 heteroatoms. The molecular weight excluding hydrogens is 374 g/mol. The molecule has 3 rings (SSSR count). The van der Waals surface area contributed by atoms with E-state index in [-0.39, 0.29) is 0 Å². The molecule has 2 fully saturated rings. The van der Waals surface area contributed by atoms with Gasteiger partial charge in [-0.1, -0.05) is 37.5 Å². The second kappa shape index (κ2) is 11.7. The van der Waals surface area contributed by atoms with E-state index in [1.165, 1.54) is 32.1 Å². The third-order valence-electron chi connectivity index (χ3n) is 7.19. The van der Waals surface area contributed by atoms with Crippen molar-refractivity contribution in [1.29, 1.82) is 0 Å². The van der Waals surface area contributed by atoms with Gasteiger partial charge in [0.1, 0.15) is 5.75 Å². The van der Waals surface area contributed by atoms with Crippen molar-refractivity contribution in [2.24, 2.45) is 11.7 Å². The second-order valence-electron chi connectivity index (χ2n) is 9.24. The number of benzene rings is 1. The van der Waals surface area contributed by atoms with Gasteiger partial charge in [0.15, 0.2) is 0 Å². The fourth-order valence-corrected chi connectivity index (χ4v) is 5.26. The Morgan fingerprint density at radius 3 is 2.53 bits per heavy atom. The molecule has 1 saturated heterocycles. The maximum Gasteiger partial charge on any atom is 0.223 e. The summed E-state index contributed by atoms with van der Waals surface area (Å²) in [4.78, 5) is 18.2. The first-order valence-electron chi connectivity index (χ1n) is 12.0. The number of amides is 1. The molecule has 1 atom stereocenters. The van der Waals surface area contributed by atoms with Crippen LogP contribution in [0.3, 0.4) is 0 Å². The van der Waals surface area contributed by atoms with Crippen molar-refractivity contribution in [3.05, 3.63) is 29.8 Å². The summed E-state index contributed by atoms with van der Waals surface area (Å²) in [5.41, 5.74) is 6.87. The average Bonchev–Trinajstić information content (AvgIpc) is 2.78. The van der Waals surface area contributed by atoms with E-state index >= 15 is 0 Å². The van der Waals surface area contributed by atoms with E-state index in [4.69, 9.17) is 10.5 Å². The fourth-order valence-electron chi connectivity index (χ4n) is 5.26. The Morgan fingerprint density at radius 1 is 1.17 bits per heavy atom. The molecule has 1 aromatic carbocycles. The standard InChI is InChI=1S/C25H41N3O2/c1-20(12-15-26)27-16-13-23(14-17-27)28(19-22-10-6-7-11-24(22)30-2)25(29)18-21-8-4-3-5-9-21/h6-7,10-11,20-21,23H,3-5,8-9,12-19,26H2,1-2H3. The summed E-state index contributed by atoms with van der Waals surface area (Å²) in [7, 11) is 1.71. The molecule has 1 aromatic rings. The lowest BCUT2D eigenvalue weighted by molar-refractivity contribution is -0.136. The van der Waals surface area contributed by atoms with Crippen LogP contribution in [-0.2, 0) is 11.3 Å². The van der Waals surface area contributed by atoms with E-state index in [0.717, 1.165) is 50.2 Å². The van der Waals surface area contributed by atoms with E-state index < -0.39 is 0 Å². The van der Waals surface area contributed by atoms with Crippen LogP contribution in [-0.4, -0.2) is 54.5 Å². The maximum atomic E-state index is 13.5. The van der Waals surface area contributed by atoms with Crippen molar-refractivity contribution in [3.63, 3.8) is 0 Å². The number of carbonyl (C=O) groups is 1. The SMILES string of the molecule is COc1ccccc1CN(C(=O)CC1CCCCC1)C1CCN(C(C)CCN)CC1. The minimum atomic E-state index is 0.312. The lowest BCUT2D eigenvalue weighted by atomic mass is 9.86. The third-order valence-corrected chi connectivity index (χ3v) is 7.19. The van der Waals surface area contributed by atoms with Gasteiger partial charge >= 0.3 is 0 Å². The Bertz CT molecular complexity index is 652. The molecule has 1 amide bonds. The summed E-state index contributed by atoms with van der Waals surface area (Å²) < 4.78 is 5.58. The number of ether oxygens (including phenoxy) is 1. The van der Waals surface area contributed by atoms with Crippen LogP contribution in [0.1, 0.15) is 70.3 Å². The molecule has 0 spiro atoms. The van der Waals surface area contributed by atoms with E-state index in [0.29, 0.717) is 36.9 Å². The lowest BCUT2D eigenvalue weighted by Crippen LogP contribution is -2.49. The van der Waals surface area contributed by atoms with Gasteiger partial charge in [0, 0.05) is 43.7 Å². The largest absolute Gasteiger partial charge is 0.496 e. The zero-order valence-corrected chi connectivity index (χ0v) is 19.0. The molecule has 0 bridgehead atoms. The summed E-state index contributed by atoms with van der Waals surface area (Å²) in [6, 6.07) is 8.96. The molecule has 0 radical (unpaired) electrons. The molecule has 30 heavy (non-hydrogen) atoms. The topological polar surface area (TPSA) is 58.8 Å². The Balaban J connectivity index is 1.69. The number of hydrogen-bond acceptors (Lipinski definition) is 4. The van der Waals surface area contributed by atoms with Gasteiger partial charge in [-0.2, -0.15) is 0 Å². The van der Waals surface area contributed by atoms with Crippen LogP contribution in [0.5, 0.6) is 5.75 Å². The van der Waals surface area contributed by atoms with Gasteiger partial charge in [0.05, 0.1) is 7.11 Å². The van der Waals surface area contributed by atoms with Crippen molar-refractivity contribution < 1.29 is 9.53 Å². The number of nitrogens with zero attached hydrogens (tertiary/aromatic N) is 2. The number of hydrogen-bond donors (Lipinski definition) is 1. The summed E-state index contributed by atoms with van der Waals surface area (Å²) in [6.07, 6.45) is 10.1. The summed E-state index contributed by atoms with van der Waals surface area (Å²) in [6.45, 7) is 5.75. The molecule has 0 aromatic heterocycles. The summed E-state index contributed by atoms with van der Waals surface area (Å²) in [5.74, 6) is 1.78. The van der Waals surface area contributed by atoms with Crippen LogP contribution in [0, 0.1) is 5.92 Å². The molecule has 2 N–H and O–H groups in total. The predicted octanol–water partition coefficient (Wildman–Crippen LogP) is 4.20. The number of para-hydroxylation sites is 1. The van der Waals surface area contributed by atoms with Gasteiger partial charge in [-0.25, -0.2) is 0 Å². The Kier molecular flexibility index (Phi) is 9.01. The van der Waals surface area contributed by atoms with E-state index in [1.54, 1.807) is 7.11 Å². The van der Waals surface area contributed by atoms with Crippen LogP contribution in [0.2, 0.25) is 0 Å². The zero-order valence-electron chi connectivity index (χ0n) is 19.0. The van der Waals surface area contributed by atoms with Gasteiger partial charge < -0.3 is 20.3 Å². The molecular formula is C25H41N3O2. The fraction of sp³-hybridized carbons (Fsp3) is 0.720. The average molecular weight is 416 g/mol. The highest BCUT2D eigenvalue weighted by Crippen LogP contribution is 2.30. The molecule has 2 aliphatic rings. The van der Waals surface area contributed by atoms with Crippen molar-refractivity contribution in [2.45, 2.75) is 83.3 Å². The van der Waals surface area contributed by atoms with Gasteiger partial charge in [-0.05, 0) is 57.6 Å². The number of piperidine rings is 1. The quantitative estimate of drug-likeness (QED) is 0.657. The monoisotopic (exact) mass is 415 g/mol. The van der Waals surface area contributed by atoms with Crippen molar-refractivity contribution in [3.8, 4) is 5.75 Å². The predicted molar refractivity (Wildman–Crippen MR) is 122 cm³/mol. The minimum absolute atomic E-state index is 0.312. The number of rotatable bonds is 9. The van der Waals surface area contributed by atoms with Crippen molar-refractivity contribution in [1.82, 2.24) is 9.80 Å². The minimum Gasteiger partial charge on any atom is -0.496 e. The normalized spacial score (nSPS) is 20.1. The van der Waals surface area contributed by atoms with Crippen LogP contribution < -0.4 is 10.5 Å². The molecule has 1 aliphatic heterocycles. The first-order chi connectivity index (χ1) is 14.6. The number of nitrogens with two attached hydrogens (primary N) is 1. The van der Waals surface area contributed by atoms with Gasteiger partial charge in [-0.3, -0.25) is 4.79 Å². The second-order valence-corrected chi connectivity index (χ2v) is 9.24. The highest BCUT2D eigenvalue weighted by Gasteiger charge is 2.31. The highest BCUT2D eigenvalue weighted by molar-refractivity contribution is 5.77. The first-order valence-corrected chi connectivity index (χ1v) is 12.0. The molecule has 1 aliphatic carbocycles. The molecule has 168 valence electrons. The van der Waals surface area contributed by atoms with E-state index in [9.17, 15) is 4.79 Å². The van der Waals surface area contributed by atoms with Crippen LogP contribution in [0.25, 0.3) is 0 Å². The number of likely N-dealkylation sites (tertiary alicyclic amines) is 1. The molecule has 5 nitrogen and oxygen atoms in total. The Morgan fingerprint density at radius 2 is 1.87 bits per heavy atom.